The number of benzene rings is 1. The van der Waals surface area contributed by atoms with Gasteiger partial charge in [0.2, 0.25) is 11.8 Å². The van der Waals surface area contributed by atoms with Gasteiger partial charge in [-0.1, -0.05) is 35.4 Å². The smallest absolute Gasteiger partial charge is 0.238 e. The number of carbonyl (C=O) groups is 2. The van der Waals surface area contributed by atoms with E-state index in [4.69, 9.17) is 23.2 Å². The maximum Gasteiger partial charge on any atom is 0.238 e. The Labute approximate surface area is 126 Å². The Morgan fingerprint density at radius 1 is 0.950 bits per heavy atom. The fraction of sp³-hybridized carbons (Fsp3) is 0.333. The number of nitrogens with zero attached hydrogens (tertiary/aromatic N) is 1. The molecule has 102 valence electrons. The van der Waals surface area contributed by atoms with Crippen LogP contribution in [0.1, 0.15) is 6.42 Å². The van der Waals surface area contributed by atoms with Crippen molar-refractivity contribution in [2.24, 2.45) is 23.7 Å². The number of halogens is 2. The summed E-state index contributed by atoms with van der Waals surface area (Å²) >= 11 is 11.9. The lowest BCUT2D eigenvalue weighted by Gasteiger charge is -2.17. The maximum atomic E-state index is 12.6. The van der Waals surface area contributed by atoms with Gasteiger partial charge < -0.3 is 0 Å². The van der Waals surface area contributed by atoms with E-state index in [1.807, 2.05) is 0 Å². The van der Waals surface area contributed by atoms with Gasteiger partial charge >= 0.3 is 0 Å². The lowest BCUT2D eigenvalue weighted by Crippen LogP contribution is -2.32. The molecule has 2 amide bonds. The van der Waals surface area contributed by atoms with Crippen molar-refractivity contribution >= 4 is 40.7 Å². The van der Waals surface area contributed by atoms with Crippen molar-refractivity contribution in [1.82, 2.24) is 0 Å². The normalized spacial score (nSPS) is 34.2. The van der Waals surface area contributed by atoms with Gasteiger partial charge in [0.05, 0.1) is 27.6 Å². The van der Waals surface area contributed by atoms with E-state index in [1.54, 1.807) is 18.2 Å². The third-order valence-corrected chi connectivity index (χ3v) is 5.37. The Morgan fingerprint density at radius 2 is 1.55 bits per heavy atom. The zero-order chi connectivity index (χ0) is 14.0. The van der Waals surface area contributed by atoms with Gasteiger partial charge in [0.1, 0.15) is 0 Å². The van der Waals surface area contributed by atoms with Crippen LogP contribution in [0.15, 0.2) is 30.4 Å². The maximum absolute atomic E-state index is 12.6. The van der Waals surface area contributed by atoms with Crippen LogP contribution in [0, 0.1) is 23.7 Å². The van der Waals surface area contributed by atoms with E-state index in [2.05, 4.69) is 12.2 Å². The van der Waals surface area contributed by atoms with Gasteiger partial charge in [0.15, 0.2) is 0 Å². The fourth-order valence-corrected chi connectivity index (χ4v) is 4.07. The van der Waals surface area contributed by atoms with Crippen LogP contribution >= 0.6 is 23.2 Å². The molecule has 2 fully saturated rings. The molecule has 0 unspecified atom stereocenters. The Balaban J connectivity index is 1.76. The highest BCUT2D eigenvalue weighted by Gasteiger charge is 2.59. The van der Waals surface area contributed by atoms with E-state index in [0.29, 0.717) is 15.7 Å². The Morgan fingerprint density at radius 3 is 2.10 bits per heavy atom. The summed E-state index contributed by atoms with van der Waals surface area (Å²) in [5.74, 6) is -0.146. The summed E-state index contributed by atoms with van der Waals surface area (Å²) in [5.41, 5.74) is 0.517. The lowest BCUT2D eigenvalue weighted by atomic mass is 9.85. The van der Waals surface area contributed by atoms with Gasteiger partial charge in [0, 0.05) is 0 Å². The molecular formula is C15H11Cl2NO2. The van der Waals surface area contributed by atoms with Crippen LogP contribution in [0.25, 0.3) is 0 Å². The van der Waals surface area contributed by atoms with Crippen molar-refractivity contribution in [2.75, 3.05) is 4.90 Å². The number of hydrogen-bond acceptors (Lipinski definition) is 2. The highest BCUT2D eigenvalue weighted by molar-refractivity contribution is 6.42. The van der Waals surface area contributed by atoms with Crippen molar-refractivity contribution in [2.45, 2.75) is 6.42 Å². The Bertz CT molecular complexity index is 640. The van der Waals surface area contributed by atoms with Gasteiger partial charge in [-0.05, 0) is 36.5 Å². The van der Waals surface area contributed by atoms with Gasteiger partial charge in [0.25, 0.3) is 0 Å². The second-order valence-corrected chi connectivity index (χ2v) is 6.42. The number of allylic oxidation sites excluding steroid dienone is 2. The van der Waals surface area contributed by atoms with Crippen molar-refractivity contribution < 1.29 is 9.59 Å². The Kier molecular flexibility index (Phi) is 2.54. The van der Waals surface area contributed by atoms with E-state index in [9.17, 15) is 9.59 Å². The first-order chi connectivity index (χ1) is 9.58. The number of rotatable bonds is 1. The van der Waals surface area contributed by atoms with Crippen LogP contribution in [0.3, 0.4) is 0 Å². The number of amides is 2. The zero-order valence-electron chi connectivity index (χ0n) is 10.4. The SMILES string of the molecule is O=C1[C@@H]2[C@H](C(=O)N1c1ccc(Cl)c(Cl)c1)[C@H]1C=C[C@@H]2C1. The van der Waals surface area contributed by atoms with E-state index < -0.39 is 0 Å². The zero-order valence-corrected chi connectivity index (χ0v) is 11.9. The van der Waals surface area contributed by atoms with E-state index in [1.165, 1.54) is 4.90 Å². The molecule has 5 heteroatoms. The third kappa shape index (κ3) is 1.48. The van der Waals surface area contributed by atoms with Gasteiger partial charge in [-0.3, -0.25) is 9.59 Å². The van der Waals surface area contributed by atoms with Crippen LogP contribution in [0.2, 0.25) is 10.0 Å². The predicted octanol–water partition coefficient (Wildman–Crippen LogP) is 3.30. The molecule has 20 heavy (non-hydrogen) atoms. The summed E-state index contributed by atoms with van der Waals surface area (Å²) in [4.78, 5) is 26.4. The fourth-order valence-electron chi connectivity index (χ4n) is 3.78. The van der Waals surface area contributed by atoms with Crippen molar-refractivity contribution in [3.8, 4) is 0 Å². The summed E-state index contributed by atoms with van der Waals surface area (Å²) in [6, 6.07) is 4.86. The molecule has 3 aliphatic rings. The molecule has 2 aliphatic carbocycles. The first-order valence-electron chi connectivity index (χ1n) is 6.59. The van der Waals surface area contributed by atoms with E-state index in [-0.39, 0.29) is 35.5 Å². The predicted molar refractivity (Wildman–Crippen MR) is 76.7 cm³/mol. The summed E-state index contributed by atoms with van der Waals surface area (Å²) < 4.78 is 0. The van der Waals surface area contributed by atoms with Gasteiger partial charge in [-0.25, -0.2) is 4.90 Å². The topological polar surface area (TPSA) is 37.4 Å². The molecule has 1 aromatic carbocycles. The quantitative estimate of drug-likeness (QED) is 0.589. The molecule has 4 atom stereocenters. The monoisotopic (exact) mass is 307 g/mol. The summed E-state index contributed by atoms with van der Waals surface area (Å²) in [6.07, 6.45) is 5.09. The molecule has 1 aliphatic heterocycles. The van der Waals surface area contributed by atoms with Crippen LogP contribution in [0.4, 0.5) is 5.69 Å². The van der Waals surface area contributed by atoms with Gasteiger partial charge in [-0.2, -0.15) is 0 Å². The van der Waals surface area contributed by atoms with Crippen molar-refractivity contribution in [3.05, 3.63) is 40.4 Å². The second kappa shape index (κ2) is 4.09. The number of anilines is 1. The molecule has 1 heterocycles. The van der Waals surface area contributed by atoms with E-state index in [0.717, 1.165) is 6.42 Å². The number of imide groups is 1. The van der Waals surface area contributed by atoms with Crippen LogP contribution in [-0.4, -0.2) is 11.8 Å². The highest BCUT2D eigenvalue weighted by atomic mass is 35.5. The average Bonchev–Trinajstić information content (AvgIpc) is 3.08. The minimum Gasteiger partial charge on any atom is -0.274 e. The first kappa shape index (κ1) is 12.4. The summed E-state index contributed by atoms with van der Waals surface area (Å²) in [7, 11) is 0. The first-order valence-corrected chi connectivity index (χ1v) is 7.34. The minimum atomic E-state index is -0.188. The largest absolute Gasteiger partial charge is 0.274 e. The number of hydrogen-bond donors (Lipinski definition) is 0. The molecule has 0 spiro atoms. The lowest BCUT2D eigenvalue weighted by molar-refractivity contribution is -0.123. The molecule has 0 aromatic heterocycles. The van der Waals surface area contributed by atoms with Crippen molar-refractivity contribution in [1.29, 1.82) is 0 Å². The summed E-state index contributed by atoms with van der Waals surface area (Å²) in [5, 5.41) is 0.763. The molecule has 3 nitrogen and oxygen atoms in total. The molecule has 1 saturated carbocycles. The third-order valence-electron chi connectivity index (χ3n) is 4.63. The molecule has 1 saturated heterocycles. The van der Waals surface area contributed by atoms with E-state index >= 15 is 0 Å². The average molecular weight is 308 g/mol. The molecule has 2 bridgehead atoms. The van der Waals surface area contributed by atoms with Gasteiger partial charge in [-0.15, -0.1) is 0 Å². The minimum absolute atomic E-state index is 0.102. The molecule has 0 radical (unpaired) electrons. The van der Waals surface area contributed by atoms with Crippen LogP contribution in [-0.2, 0) is 9.59 Å². The number of fused-ring (bicyclic) bond motifs is 5. The Hall–Kier alpha value is -1.32. The standard InChI is InChI=1S/C15H11Cl2NO2/c16-10-4-3-9(6-11(10)17)18-14(19)12-7-1-2-8(5-7)13(12)15(18)20/h1-4,6-8,12-13H,5H2/t7-,8+,12+,13-. The summed E-state index contributed by atoms with van der Waals surface area (Å²) in [6.45, 7) is 0. The molecule has 0 N–H and O–H groups in total. The number of carbonyl (C=O) groups excluding carboxylic acids is 2. The second-order valence-electron chi connectivity index (χ2n) is 5.61. The van der Waals surface area contributed by atoms with Crippen molar-refractivity contribution in [3.63, 3.8) is 0 Å². The highest BCUT2D eigenvalue weighted by Crippen LogP contribution is 2.53. The molecule has 4 rings (SSSR count). The van der Waals surface area contributed by atoms with Crippen LogP contribution in [0.5, 0.6) is 0 Å². The van der Waals surface area contributed by atoms with Crippen LogP contribution < -0.4 is 4.90 Å². The molecular weight excluding hydrogens is 297 g/mol. The molecule has 1 aromatic rings.